The zero-order valence-corrected chi connectivity index (χ0v) is 20.4. The Morgan fingerprint density at radius 3 is 2.06 bits per heavy atom. The van der Waals surface area contributed by atoms with Gasteiger partial charge in [0.05, 0.1) is 45.5 Å². The summed E-state index contributed by atoms with van der Waals surface area (Å²) in [6.07, 6.45) is 1.75. The molecule has 6 aromatic rings. The van der Waals surface area contributed by atoms with Crippen molar-refractivity contribution in [2.45, 2.75) is 27.7 Å². The van der Waals surface area contributed by atoms with Gasteiger partial charge in [-0.1, -0.05) is 10.3 Å². The Labute approximate surface area is 201 Å². The Morgan fingerprint density at radius 1 is 0.788 bits per heavy atom. The highest BCUT2D eigenvalue weighted by molar-refractivity contribution is 14.1. The molecule has 0 radical (unpaired) electrons. The maximum absolute atomic E-state index is 5.15. The van der Waals surface area contributed by atoms with Crippen molar-refractivity contribution in [3.05, 3.63) is 57.1 Å². The summed E-state index contributed by atoms with van der Waals surface area (Å²) in [6, 6.07) is 7.90. The third-order valence-electron chi connectivity index (χ3n) is 5.25. The van der Waals surface area contributed by atoms with Crippen LogP contribution in [0.25, 0.3) is 44.6 Å². The van der Waals surface area contributed by atoms with Crippen LogP contribution in [0.4, 0.5) is 0 Å². The number of hydrogen-bond acceptors (Lipinski definition) is 8. The normalized spacial score (nSPS) is 11.2. The van der Waals surface area contributed by atoms with Crippen molar-refractivity contribution < 1.29 is 9.05 Å². The second-order valence-electron chi connectivity index (χ2n) is 7.51. The fourth-order valence-corrected chi connectivity index (χ4v) is 4.21. The van der Waals surface area contributed by atoms with Gasteiger partial charge in [-0.25, -0.2) is 9.97 Å². The molecule has 11 heteroatoms. The molecule has 33 heavy (non-hydrogen) atoms. The van der Waals surface area contributed by atoms with Crippen LogP contribution in [0, 0.1) is 31.4 Å². The van der Waals surface area contributed by atoms with Gasteiger partial charge in [0, 0.05) is 5.39 Å². The van der Waals surface area contributed by atoms with Gasteiger partial charge < -0.3 is 9.05 Å². The lowest BCUT2D eigenvalue weighted by molar-refractivity contribution is 0.393. The topological polar surface area (TPSA) is 135 Å². The number of halogens is 1. The van der Waals surface area contributed by atoms with Gasteiger partial charge in [-0.2, -0.15) is 10.2 Å². The van der Waals surface area contributed by atoms with E-state index in [-0.39, 0.29) is 0 Å². The highest BCUT2D eigenvalue weighted by Gasteiger charge is 2.15. The minimum atomic E-state index is 0.715. The predicted molar refractivity (Wildman–Crippen MR) is 130 cm³/mol. The Balaban J connectivity index is 0.000000139. The summed E-state index contributed by atoms with van der Waals surface area (Å²) in [5, 5.41) is 23.7. The zero-order chi connectivity index (χ0) is 23.1. The first-order chi connectivity index (χ1) is 15.9. The third-order valence-corrected chi connectivity index (χ3v) is 6.07. The van der Waals surface area contributed by atoms with E-state index in [0.717, 1.165) is 65.5 Å². The lowest BCUT2D eigenvalue weighted by Crippen LogP contribution is -1.87. The molecule has 166 valence electrons. The van der Waals surface area contributed by atoms with Gasteiger partial charge in [0.1, 0.15) is 15.2 Å². The lowest BCUT2D eigenvalue weighted by atomic mass is 10.1. The van der Waals surface area contributed by atoms with Crippen LogP contribution in [0.5, 0.6) is 0 Å². The minimum Gasteiger partial charge on any atom is -0.361 e. The Kier molecular flexibility index (Phi) is 5.40. The number of nitrogens with zero attached hydrogens (tertiary/aromatic N) is 6. The van der Waals surface area contributed by atoms with Crippen molar-refractivity contribution in [2.75, 3.05) is 0 Å². The van der Waals surface area contributed by atoms with Crippen LogP contribution >= 0.6 is 22.6 Å². The number of rotatable bonds is 2. The Morgan fingerprint density at radius 2 is 1.42 bits per heavy atom. The smallest absolute Gasteiger partial charge is 0.182 e. The second kappa shape index (κ2) is 8.39. The predicted octanol–water partition coefficient (Wildman–Crippen LogP) is 5.06. The molecule has 0 bridgehead atoms. The molecule has 6 heterocycles. The molecular formula is C22H19IN8O2. The van der Waals surface area contributed by atoms with Crippen LogP contribution in [0.15, 0.2) is 39.5 Å². The van der Waals surface area contributed by atoms with E-state index in [4.69, 9.17) is 9.05 Å². The van der Waals surface area contributed by atoms with E-state index in [1.54, 1.807) is 6.20 Å². The van der Waals surface area contributed by atoms with Crippen LogP contribution in [0.3, 0.4) is 0 Å². The summed E-state index contributed by atoms with van der Waals surface area (Å²) in [7, 11) is 0. The quantitative estimate of drug-likeness (QED) is 0.284. The standard InChI is InChI=1S/C11H9IN4O.C11H10N4O/c1-5-9(6(2)17-16-5)8-4-3-7-10(12)14-15-11(7)13-8;1-6-10(7(2)16-15-6)9-4-3-8-5-12-14-11(8)13-9/h3-4H,1-2H3,(H,13,14,15);3-5H,1-2H3,(H,12,13,14). The number of H-pyrrole nitrogens is 2. The van der Waals surface area contributed by atoms with Gasteiger partial charge in [0.25, 0.3) is 0 Å². The van der Waals surface area contributed by atoms with Crippen LogP contribution < -0.4 is 0 Å². The van der Waals surface area contributed by atoms with Crippen LogP contribution in [0.1, 0.15) is 22.9 Å². The SMILES string of the molecule is Cc1noc(C)c1-c1ccc2c(I)[nH]nc2n1.Cc1noc(C)c1-c1ccc2cn[nH]c2n1. The molecule has 0 saturated carbocycles. The maximum atomic E-state index is 5.15. The van der Waals surface area contributed by atoms with Crippen molar-refractivity contribution in [1.29, 1.82) is 0 Å². The molecule has 0 aliphatic carbocycles. The monoisotopic (exact) mass is 554 g/mol. The number of nitrogens with one attached hydrogen (secondary N) is 2. The summed E-state index contributed by atoms with van der Waals surface area (Å²) >= 11 is 2.20. The van der Waals surface area contributed by atoms with Crippen LogP contribution in [0.2, 0.25) is 0 Å². The van der Waals surface area contributed by atoms with Crippen molar-refractivity contribution in [3.8, 4) is 22.5 Å². The number of fused-ring (bicyclic) bond motifs is 2. The fraction of sp³-hybridized carbons (Fsp3) is 0.182. The van der Waals surface area contributed by atoms with E-state index < -0.39 is 0 Å². The summed E-state index contributed by atoms with van der Waals surface area (Å²) in [6.45, 7) is 7.58. The van der Waals surface area contributed by atoms with E-state index in [0.29, 0.717) is 5.65 Å². The van der Waals surface area contributed by atoms with Gasteiger partial charge >= 0.3 is 0 Å². The van der Waals surface area contributed by atoms with Gasteiger partial charge in [0.15, 0.2) is 11.3 Å². The average Bonchev–Trinajstić information content (AvgIpc) is 3.57. The summed E-state index contributed by atoms with van der Waals surface area (Å²) < 4.78 is 11.3. The minimum absolute atomic E-state index is 0.715. The first kappa shape index (κ1) is 21.2. The molecule has 10 nitrogen and oxygen atoms in total. The molecule has 6 aromatic heterocycles. The van der Waals surface area contributed by atoms with E-state index in [2.05, 4.69) is 63.3 Å². The highest BCUT2D eigenvalue weighted by Crippen LogP contribution is 2.28. The summed E-state index contributed by atoms with van der Waals surface area (Å²) in [5.74, 6) is 1.56. The van der Waals surface area contributed by atoms with Gasteiger partial charge in [-0.05, 0) is 74.6 Å². The first-order valence-electron chi connectivity index (χ1n) is 10.1. The first-order valence-corrected chi connectivity index (χ1v) is 11.2. The Bertz CT molecular complexity index is 1550. The zero-order valence-electron chi connectivity index (χ0n) is 18.3. The molecule has 2 N–H and O–H groups in total. The van der Waals surface area contributed by atoms with E-state index in [1.807, 2.05) is 52.0 Å². The van der Waals surface area contributed by atoms with Crippen molar-refractivity contribution in [2.24, 2.45) is 0 Å². The van der Waals surface area contributed by atoms with Crippen molar-refractivity contribution in [3.63, 3.8) is 0 Å². The summed E-state index contributed by atoms with van der Waals surface area (Å²) in [5.41, 5.74) is 6.79. The fourth-order valence-electron chi connectivity index (χ4n) is 3.67. The lowest BCUT2D eigenvalue weighted by Gasteiger charge is -1.98. The summed E-state index contributed by atoms with van der Waals surface area (Å²) in [4.78, 5) is 8.99. The molecule has 0 atom stereocenters. The molecule has 0 aromatic carbocycles. The van der Waals surface area contributed by atoms with Crippen molar-refractivity contribution >= 4 is 44.7 Å². The highest BCUT2D eigenvalue weighted by atomic mass is 127. The molecular weight excluding hydrogens is 535 g/mol. The number of aromatic amines is 2. The molecule has 0 spiro atoms. The molecule has 6 rings (SSSR count). The largest absolute Gasteiger partial charge is 0.361 e. The number of aryl methyl sites for hydroxylation is 4. The second-order valence-corrected chi connectivity index (χ2v) is 8.59. The van der Waals surface area contributed by atoms with E-state index in [1.165, 1.54) is 0 Å². The van der Waals surface area contributed by atoms with Gasteiger partial charge in [-0.3, -0.25) is 10.2 Å². The Hall–Kier alpha value is -3.61. The van der Waals surface area contributed by atoms with Crippen LogP contribution in [-0.4, -0.2) is 40.7 Å². The van der Waals surface area contributed by atoms with Gasteiger partial charge in [0.2, 0.25) is 0 Å². The third kappa shape index (κ3) is 3.88. The molecule has 0 aliphatic rings. The van der Waals surface area contributed by atoms with Gasteiger partial charge in [-0.15, -0.1) is 0 Å². The molecule has 0 amide bonds. The number of pyridine rings is 2. The maximum Gasteiger partial charge on any atom is 0.182 e. The van der Waals surface area contributed by atoms with Crippen LogP contribution in [-0.2, 0) is 0 Å². The molecule has 0 aliphatic heterocycles. The number of hydrogen-bond donors (Lipinski definition) is 2. The van der Waals surface area contributed by atoms with Crippen molar-refractivity contribution in [1.82, 2.24) is 40.7 Å². The molecule has 0 saturated heterocycles. The molecule has 0 fully saturated rings. The molecule has 0 unspecified atom stereocenters. The van der Waals surface area contributed by atoms with E-state index in [9.17, 15) is 0 Å². The van der Waals surface area contributed by atoms with E-state index >= 15 is 0 Å². The number of aromatic nitrogens is 8. The average molecular weight is 554 g/mol.